The number of halogens is 3. The molecule has 1 heterocycles. The SMILES string of the molecule is NC[C@@H]1CN(C(=O)c2cc(F)c(F)c(F)c2)C[C@H]1c1ccccc1. The molecular weight excluding hydrogens is 317 g/mol. The van der Waals surface area contributed by atoms with Gasteiger partial charge < -0.3 is 10.6 Å². The molecule has 6 heteroatoms. The van der Waals surface area contributed by atoms with Gasteiger partial charge in [0.05, 0.1) is 0 Å². The van der Waals surface area contributed by atoms with Crippen molar-refractivity contribution >= 4 is 5.91 Å². The van der Waals surface area contributed by atoms with Crippen molar-refractivity contribution in [2.75, 3.05) is 19.6 Å². The van der Waals surface area contributed by atoms with Gasteiger partial charge in [0.25, 0.3) is 5.91 Å². The highest BCUT2D eigenvalue weighted by Crippen LogP contribution is 2.33. The van der Waals surface area contributed by atoms with Gasteiger partial charge in [-0.25, -0.2) is 13.2 Å². The number of rotatable bonds is 3. The van der Waals surface area contributed by atoms with Crippen LogP contribution in [0.1, 0.15) is 21.8 Å². The topological polar surface area (TPSA) is 46.3 Å². The largest absolute Gasteiger partial charge is 0.338 e. The minimum atomic E-state index is -1.57. The van der Waals surface area contributed by atoms with Crippen molar-refractivity contribution in [3.05, 3.63) is 71.0 Å². The van der Waals surface area contributed by atoms with Gasteiger partial charge in [-0.15, -0.1) is 0 Å². The summed E-state index contributed by atoms with van der Waals surface area (Å²) < 4.78 is 39.8. The fraction of sp³-hybridized carbons (Fsp3) is 0.278. The molecule has 2 N–H and O–H groups in total. The maximum atomic E-state index is 13.4. The highest BCUT2D eigenvalue weighted by Gasteiger charge is 2.36. The van der Waals surface area contributed by atoms with Gasteiger partial charge >= 0.3 is 0 Å². The third-order valence-corrected chi connectivity index (χ3v) is 4.49. The number of benzene rings is 2. The number of nitrogens with zero attached hydrogens (tertiary/aromatic N) is 1. The van der Waals surface area contributed by atoms with Gasteiger partial charge in [-0.3, -0.25) is 4.79 Å². The van der Waals surface area contributed by atoms with Crippen LogP contribution < -0.4 is 5.73 Å². The Hall–Kier alpha value is -2.34. The van der Waals surface area contributed by atoms with E-state index in [1.165, 1.54) is 4.90 Å². The Morgan fingerprint density at radius 2 is 1.71 bits per heavy atom. The zero-order valence-electron chi connectivity index (χ0n) is 12.9. The summed E-state index contributed by atoms with van der Waals surface area (Å²) in [4.78, 5) is 14.0. The van der Waals surface area contributed by atoms with E-state index in [1.54, 1.807) is 0 Å². The van der Waals surface area contributed by atoms with Crippen molar-refractivity contribution in [2.24, 2.45) is 11.7 Å². The summed E-state index contributed by atoms with van der Waals surface area (Å²) in [5.41, 5.74) is 6.69. The number of hydrogen-bond acceptors (Lipinski definition) is 2. The summed E-state index contributed by atoms with van der Waals surface area (Å²) in [6, 6.07) is 11.1. The molecule has 3 nitrogen and oxygen atoms in total. The minimum absolute atomic E-state index is 0.0616. The Morgan fingerprint density at radius 3 is 2.29 bits per heavy atom. The second kappa shape index (κ2) is 6.65. The Kier molecular flexibility index (Phi) is 4.57. The van der Waals surface area contributed by atoms with Gasteiger partial charge in [0, 0.05) is 24.6 Å². The van der Waals surface area contributed by atoms with Crippen LogP contribution in [0.3, 0.4) is 0 Å². The minimum Gasteiger partial charge on any atom is -0.338 e. The van der Waals surface area contributed by atoms with E-state index in [-0.39, 0.29) is 17.4 Å². The van der Waals surface area contributed by atoms with Crippen LogP contribution in [0.25, 0.3) is 0 Å². The molecule has 0 aliphatic carbocycles. The monoisotopic (exact) mass is 334 g/mol. The van der Waals surface area contributed by atoms with Crippen molar-refractivity contribution in [1.29, 1.82) is 0 Å². The fourth-order valence-corrected chi connectivity index (χ4v) is 3.22. The molecule has 2 aromatic carbocycles. The first-order valence-corrected chi connectivity index (χ1v) is 7.70. The van der Waals surface area contributed by atoms with E-state index in [0.717, 1.165) is 17.7 Å². The molecule has 0 spiro atoms. The maximum absolute atomic E-state index is 13.4. The Labute approximate surface area is 137 Å². The normalized spacial score (nSPS) is 20.4. The van der Waals surface area contributed by atoms with Gasteiger partial charge in [-0.05, 0) is 30.2 Å². The lowest BCUT2D eigenvalue weighted by Gasteiger charge is -2.17. The zero-order valence-corrected chi connectivity index (χ0v) is 12.9. The van der Waals surface area contributed by atoms with Crippen molar-refractivity contribution in [3.8, 4) is 0 Å². The summed E-state index contributed by atoms with van der Waals surface area (Å²) in [5, 5.41) is 0. The van der Waals surface area contributed by atoms with Crippen LogP contribution in [0, 0.1) is 23.4 Å². The maximum Gasteiger partial charge on any atom is 0.254 e. The fourth-order valence-electron chi connectivity index (χ4n) is 3.22. The van der Waals surface area contributed by atoms with E-state index in [9.17, 15) is 18.0 Å². The zero-order chi connectivity index (χ0) is 17.3. The van der Waals surface area contributed by atoms with Crippen LogP contribution in [0.2, 0.25) is 0 Å². The van der Waals surface area contributed by atoms with Gasteiger partial charge in [-0.2, -0.15) is 0 Å². The van der Waals surface area contributed by atoms with Crippen LogP contribution in [-0.2, 0) is 0 Å². The molecule has 1 fully saturated rings. The van der Waals surface area contributed by atoms with Crippen LogP contribution in [0.15, 0.2) is 42.5 Å². The molecule has 24 heavy (non-hydrogen) atoms. The number of carbonyl (C=O) groups excluding carboxylic acids is 1. The van der Waals surface area contributed by atoms with Crippen molar-refractivity contribution in [2.45, 2.75) is 5.92 Å². The highest BCUT2D eigenvalue weighted by atomic mass is 19.2. The van der Waals surface area contributed by atoms with E-state index in [2.05, 4.69) is 0 Å². The average Bonchev–Trinajstić information content (AvgIpc) is 3.03. The van der Waals surface area contributed by atoms with Gasteiger partial charge in [0.2, 0.25) is 0 Å². The first-order valence-electron chi connectivity index (χ1n) is 7.70. The van der Waals surface area contributed by atoms with Crippen LogP contribution in [-0.4, -0.2) is 30.4 Å². The third-order valence-electron chi connectivity index (χ3n) is 4.49. The number of hydrogen-bond donors (Lipinski definition) is 1. The number of likely N-dealkylation sites (tertiary alicyclic amines) is 1. The molecule has 0 radical (unpaired) electrons. The summed E-state index contributed by atoms with van der Waals surface area (Å²) in [7, 11) is 0. The molecule has 0 bridgehead atoms. The van der Waals surface area contributed by atoms with Crippen LogP contribution >= 0.6 is 0 Å². The van der Waals surface area contributed by atoms with Gasteiger partial charge in [-0.1, -0.05) is 30.3 Å². The molecule has 2 aromatic rings. The summed E-state index contributed by atoms with van der Waals surface area (Å²) in [6.07, 6.45) is 0. The van der Waals surface area contributed by atoms with E-state index in [0.29, 0.717) is 19.6 Å². The molecule has 1 saturated heterocycles. The second-order valence-electron chi connectivity index (χ2n) is 5.98. The first kappa shape index (κ1) is 16.5. The predicted octanol–water partition coefficient (Wildman–Crippen LogP) is 2.92. The Morgan fingerprint density at radius 1 is 1.08 bits per heavy atom. The van der Waals surface area contributed by atoms with E-state index >= 15 is 0 Å². The van der Waals surface area contributed by atoms with Crippen molar-refractivity contribution < 1.29 is 18.0 Å². The molecule has 1 aliphatic heterocycles. The lowest BCUT2D eigenvalue weighted by molar-refractivity contribution is 0.0785. The van der Waals surface area contributed by atoms with Gasteiger partial charge in [0.15, 0.2) is 17.5 Å². The number of nitrogens with two attached hydrogens (primary N) is 1. The van der Waals surface area contributed by atoms with Crippen molar-refractivity contribution in [1.82, 2.24) is 4.90 Å². The summed E-state index contributed by atoms with van der Waals surface area (Å²) >= 11 is 0. The lowest BCUT2D eigenvalue weighted by atomic mass is 9.89. The number of amides is 1. The van der Waals surface area contributed by atoms with E-state index in [1.807, 2.05) is 30.3 Å². The molecule has 0 saturated carbocycles. The molecule has 0 unspecified atom stereocenters. The number of carbonyl (C=O) groups is 1. The summed E-state index contributed by atoms with van der Waals surface area (Å²) in [6.45, 7) is 1.20. The van der Waals surface area contributed by atoms with E-state index in [4.69, 9.17) is 5.73 Å². The predicted molar refractivity (Wildman–Crippen MR) is 83.9 cm³/mol. The second-order valence-corrected chi connectivity index (χ2v) is 5.98. The Bertz CT molecular complexity index is 728. The van der Waals surface area contributed by atoms with Crippen LogP contribution in [0.5, 0.6) is 0 Å². The molecular formula is C18H17F3N2O. The molecule has 3 rings (SSSR count). The smallest absolute Gasteiger partial charge is 0.254 e. The summed E-state index contributed by atoms with van der Waals surface area (Å²) in [5.74, 6) is -4.71. The first-order chi connectivity index (χ1) is 11.5. The molecule has 126 valence electrons. The molecule has 2 atom stereocenters. The lowest BCUT2D eigenvalue weighted by Crippen LogP contribution is -2.30. The third kappa shape index (κ3) is 3.01. The van der Waals surface area contributed by atoms with Crippen LogP contribution in [0.4, 0.5) is 13.2 Å². The van der Waals surface area contributed by atoms with E-state index < -0.39 is 23.4 Å². The van der Waals surface area contributed by atoms with Gasteiger partial charge in [0.1, 0.15) is 0 Å². The molecule has 1 amide bonds. The van der Waals surface area contributed by atoms with Crippen molar-refractivity contribution in [3.63, 3.8) is 0 Å². The quantitative estimate of drug-likeness (QED) is 0.878. The highest BCUT2D eigenvalue weighted by molar-refractivity contribution is 5.94. The molecule has 0 aromatic heterocycles. The standard InChI is InChI=1S/C18H17F3N2O/c19-15-6-12(7-16(20)17(15)21)18(24)23-9-13(8-22)14(10-23)11-4-2-1-3-5-11/h1-7,13-14H,8-10,22H2/t13-,14+/m1/s1. The average molecular weight is 334 g/mol. The Balaban J connectivity index is 1.84. The molecule has 1 aliphatic rings.